The van der Waals surface area contributed by atoms with Crippen LogP contribution in [-0.2, 0) is 0 Å². The number of hydrogen-bond donors (Lipinski definition) is 0. The number of para-hydroxylation sites is 1. The van der Waals surface area contributed by atoms with E-state index in [9.17, 15) is 0 Å². The molecule has 0 atom stereocenters. The molecule has 0 spiro atoms. The third-order valence-corrected chi connectivity index (χ3v) is 2.01. The van der Waals surface area contributed by atoms with Crippen molar-refractivity contribution in [3.05, 3.63) is 29.8 Å². The van der Waals surface area contributed by atoms with Gasteiger partial charge in [0.05, 0.1) is 6.61 Å². The van der Waals surface area contributed by atoms with Crippen LogP contribution >= 0.6 is 0 Å². The van der Waals surface area contributed by atoms with Crippen LogP contribution in [-0.4, -0.2) is 29.7 Å². The fourth-order valence-electron chi connectivity index (χ4n) is 1.19. The summed E-state index contributed by atoms with van der Waals surface area (Å²) in [4.78, 5) is 0. The van der Waals surface area contributed by atoms with Crippen molar-refractivity contribution in [1.82, 2.24) is 0 Å². The second-order valence-corrected chi connectivity index (χ2v) is 3.24. The maximum Gasteiger partial charge on any atom is 2.00 e. The molecule has 1 aromatic rings. The molecule has 0 saturated heterocycles. The molecule has 0 aliphatic heterocycles. The summed E-state index contributed by atoms with van der Waals surface area (Å²) in [5, 5.41) is 0. The monoisotopic (exact) mass is 280 g/mol. The summed E-state index contributed by atoms with van der Waals surface area (Å²) in [5.41, 5.74) is 1.17. The Kier molecular flexibility index (Phi) is 12.7. The van der Waals surface area contributed by atoms with E-state index >= 15 is 0 Å². The molecule has 15 heavy (non-hydrogen) atoms. The number of ether oxygens (including phenoxy) is 1. The average molecular weight is 281 g/mol. The van der Waals surface area contributed by atoms with E-state index < -0.39 is 0 Å². The molecule has 1 aromatic carbocycles. The first kappa shape index (κ1) is 17.7. The smallest absolute Gasteiger partial charge is 1.00 e. The first-order valence-electron chi connectivity index (χ1n) is 4.94. The number of unbranched alkanes of at least 4 members (excludes halogenated alkanes) is 2. The van der Waals surface area contributed by atoms with Gasteiger partial charge >= 0.3 is 23.1 Å². The number of aryl methyl sites for hydroxylation is 1. The molecule has 0 saturated carbocycles. The summed E-state index contributed by atoms with van der Waals surface area (Å²) in [7, 11) is 0. The summed E-state index contributed by atoms with van der Waals surface area (Å²) in [6, 6.07) is 9.01. The molecule has 0 fully saturated rings. The molecule has 0 amide bonds. The van der Waals surface area contributed by atoms with Crippen molar-refractivity contribution >= 4 is 23.1 Å². The number of rotatable bonds is 5. The van der Waals surface area contributed by atoms with Gasteiger partial charge in [0.15, 0.2) is 0 Å². The first-order valence-corrected chi connectivity index (χ1v) is 4.94. The van der Waals surface area contributed by atoms with Crippen molar-refractivity contribution < 1.29 is 21.7 Å². The molecule has 0 aromatic heterocycles. The van der Waals surface area contributed by atoms with E-state index in [1.54, 1.807) is 0 Å². The molecule has 0 radical (unpaired) electrons. The zero-order chi connectivity index (χ0) is 9.52. The van der Waals surface area contributed by atoms with Gasteiger partial charge in [-0.05, 0) is 6.42 Å². The Balaban J connectivity index is 0. The van der Waals surface area contributed by atoms with Crippen LogP contribution in [0.1, 0.15) is 31.7 Å². The van der Waals surface area contributed by atoms with Gasteiger partial charge in [-0.2, -0.15) is 18.2 Å². The third kappa shape index (κ3) is 7.20. The van der Waals surface area contributed by atoms with Crippen molar-refractivity contribution in [2.45, 2.75) is 33.1 Å². The van der Waals surface area contributed by atoms with Crippen LogP contribution in [0.15, 0.2) is 18.2 Å². The van der Waals surface area contributed by atoms with Gasteiger partial charge in [-0.3, -0.25) is 0 Å². The van der Waals surface area contributed by atoms with Crippen molar-refractivity contribution in [3.63, 3.8) is 0 Å². The van der Waals surface area contributed by atoms with Crippen LogP contribution in [0.4, 0.5) is 0 Å². The number of halogens is 1. The van der Waals surface area contributed by atoms with Gasteiger partial charge in [0, 0.05) is 5.75 Å². The molecule has 1 nitrogen and oxygen atoms in total. The van der Waals surface area contributed by atoms with Crippen molar-refractivity contribution in [1.29, 1.82) is 0 Å². The zero-order valence-electron chi connectivity index (χ0n) is 9.55. The van der Waals surface area contributed by atoms with Crippen LogP contribution < -0.4 is 21.7 Å². The fourth-order valence-corrected chi connectivity index (χ4v) is 1.19. The van der Waals surface area contributed by atoms with Crippen LogP contribution in [0.3, 0.4) is 0 Å². The molecule has 80 valence electrons. The summed E-state index contributed by atoms with van der Waals surface area (Å²) < 4.78 is 5.58. The van der Waals surface area contributed by atoms with E-state index in [0.29, 0.717) is 0 Å². The minimum atomic E-state index is 0. The second-order valence-electron chi connectivity index (χ2n) is 3.24. The summed E-state index contributed by atoms with van der Waals surface area (Å²) in [6.45, 7) is 5.06. The molecule has 3 heteroatoms. The molecule has 0 heterocycles. The van der Waals surface area contributed by atoms with Crippen molar-refractivity contribution in [3.8, 4) is 5.75 Å². The summed E-state index contributed by atoms with van der Waals surface area (Å²) in [5.74, 6) is 0.901. The second kappa shape index (κ2) is 10.8. The zero-order valence-corrected chi connectivity index (χ0v) is 12.6. The molecular weight excluding hydrogens is 264 g/mol. The topological polar surface area (TPSA) is 9.23 Å². The number of benzene rings is 1. The van der Waals surface area contributed by atoms with Crippen molar-refractivity contribution in [2.75, 3.05) is 6.61 Å². The Morgan fingerprint density at radius 1 is 1.33 bits per heavy atom. The number of hydrogen-bond acceptors (Lipinski definition) is 1. The minimum Gasteiger partial charge on any atom is -1.00 e. The van der Waals surface area contributed by atoms with Crippen LogP contribution in [0.25, 0.3) is 0 Å². The van der Waals surface area contributed by atoms with Gasteiger partial charge in [-0.1, -0.05) is 26.7 Å². The van der Waals surface area contributed by atoms with Crippen LogP contribution in [0.5, 0.6) is 5.75 Å². The van der Waals surface area contributed by atoms with E-state index in [2.05, 4.69) is 13.0 Å². The molecule has 0 N–H and O–H groups in total. The first-order chi connectivity index (χ1) is 6.34. The van der Waals surface area contributed by atoms with E-state index in [0.717, 1.165) is 18.8 Å². The molecule has 0 bridgehead atoms. The third-order valence-electron chi connectivity index (χ3n) is 2.01. The predicted molar refractivity (Wildman–Crippen MR) is 60.8 cm³/mol. The maximum atomic E-state index is 5.58. The molecule has 1 rings (SSSR count). The fraction of sp³-hybridized carbons (Fsp3) is 0.500. The average Bonchev–Trinajstić information content (AvgIpc) is 2.15. The standard InChI is InChI=1S/C12H17O.BrH.Mg/c1-3-4-7-10-13-12-9-6-5-8-11(12)2;;/h5-6,8H,3-4,7,10H2,1-2H3;1H;/q-1;;+2/p-1. The Labute approximate surface area is 120 Å². The van der Waals surface area contributed by atoms with Crippen molar-refractivity contribution in [2.24, 2.45) is 0 Å². The van der Waals surface area contributed by atoms with E-state index in [1.165, 1.54) is 18.4 Å². The quantitative estimate of drug-likeness (QED) is 0.419. The van der Waals surface area contributed by atoms with Gasteiger partial charge in [-0.15, -0.1) is 11.6 Å². The van der Waals surface area contributed by atoms with Crippen LogP contribution in [0, 0.1) is 13.0 Å². The largest absolute Gasteiger partial charge is 2.00 e. The SMILES string of the molecule is CCCCCOc1[c-]cccc1C.[Br-].[Mg+2]. The summed E-state index contributed by atoms with van der Waals surface area (Å²) >= 11 is 0. The normalized spacial score (nSPS) is 8.67. The van der Waals surface area contributed by atoms with Gasteiger partial charge in [0.1, 0.15) is 0 Å². The molecular formula is C12H17BrMgO. The molecule has 0 aliphatic rings. The van der Waals surface area contributed by atoms with Crippen LogP contribution in [0.2, 0.25) is 0 Å². The maximum absolute atomic E-state index is 5.58. The molecule has 0 aliphatic carbocycles. The van der Waals surface area contributed by atoms with E-state index in [4.69, 9.17) is 4.74 Å². The molecule has 0 unspecified atom stereocenters. The Hall–Kier alpha value is 0.266. The Bertz CT molecular complexity index is 253. The Morgan fingerprint density at radius 2 is 2.07 bits per heavy atom. The van der Waals surface area contributed by atoms with E-state index in [-0.39, 0.29) is 40.0 Å². The van der Waals surface area contributed by atoms with Gasteiger partial charge in [-0.25, -0.2) is 0 Å². The van der Waals surface area contributed by atoms with E-state index in [1.807, 2.05) is 25.1 Å². The predicted octanol–water partition coefficient (Wildman–Crippen LogP) is -0.0126. The van der Waals surface area contributed by atoms with Gasteiger partial charge < -0.3 is 21.7 Å². The minimum absolute atomic E-state index is 0. The summed E-state index contributed by atoms with van der Waals surface area (Å²) in [6.07, 6.45) is 3.62. The Morgan fingerprint density at radius 3 is 2.67 bits per heavy atom. The van der Waals surface area contributed by atoms with Gasteiger partial charge in [0.2, 0.25) is 0 Å². The van der Waals surface area contributed by atoms with Gasteiger partial charge in [0.25, 0.3) is 0 Å².